The van der Waals surface area contributed by atoms with Gasteiger partial charge in [0.05, 0.1) is 0 Å². The standard InChI is InChI=1S/C9H4F2N2O2S/c10-5-2-1-4(3-6(5)11)7-12-13-8(16-7)9(14)15/h1-3H,(H,14,15). The number of benzene rings is 1. The number of halogens is 2. The number of aromatic carboxylic acids is 1. The SMILES string of the molecule is O=C(O)c1nnc(-c2ccc(F)c(F)c2)s1. The lowest BCUT2D eigenvalue weighted by Crippen LogP contribution is -1.93. The maximum atomic E-state index is 12.9. The van der Waals surface area contributed by atoms with Crippen molar-refractivity contribution in [2.45, 2.75) is 0 Å². The molecule has 0 aliphatic rings. The number of carbonyl (C=O) groups is 1. The fourth-order valence-corrected chi connectivity index (χ4v) is 1.73. The molecule has 0 spiro atoms. The van der Waals surface area contributed by atoms with Crippen LogP contribution < -0.4 is 0 Å². The van der Waals surface area contributed by atoms with Crippen molar-refractivity contribution in [1.82, 2.24) is 10.2 Å². The van der Waals surface area contributed by atoms with E-state index in [2.05, 4.69) is 10.2 Å². The van der Waals surface area contributed by atoms with Crippen molar-refractivity contribution >= 4 is 17.3 Å². The maximum absolute atomic E-state index is 12.9. The van der Waals surface area contributed by atoms with Gasteiger partial charge in [-0.25, -0.2) is 13.6 Å². The number of hydrogen-bond acceptors (Lipinski definition) is 4. The Bertz CT molecular complexity index is 556. The van der Waals surface area contributed by atoms with Crippen LogP contribution in [-0.4, -0.2) is 21.3 Å². The average molecular weight is 242 g/mol. The van der Waals surface area contributed by atoms with Gasteiger partial charge in [-0.2, -0.15) is 0 Å². The molecule has 0 amide bonds. The summed E-state index contributed by atoms with van der Waals surface area (Å²) in [5, 5.41) is 15.6. The van der Waals surface area contributed by atoms with E-state index in [-0.39, 0.29) is 10.0 Å². The van der Waals surface area contributed by atoms with Crippen LogP contribution >= 0.6 is 11.3 Å². The molecule has 2 rings (SSSR count). The number of carboxylic acid groups (broad SMARTS) is 1. The average Bonchev–Trinajstić information content (AvgIpc) is 2.71. The summed E-state index contributed by atoms with van der Waals surface area (Å²) in [7, 11) is 0. The Kier molecular flexibility index (Phi) is 2.61. The summed E-state index contributed by atoms with van der Waals surface area (Å²) < 4.78 is 25.5. The number of hydrogen-bond donors (Lipinski definition) is 1. The molecule has 7 heteroatoms. The summed E-state index contributed by atoms with van der Waals surface area (Å²) in [5.74, 6) is -3.18. The van der Waals surface area contributed by atoms with Gasteiger partial charge in [-0.1, -0.05) is 11.3 Å². The van der Waals surface area contributed by atoms with Crippen molar-refractivity contribution in [3.05, 3.63) is 34.8 Å². The van der Waals surface area contributed by atoms with Crippen LogP contribution in [0.25, 0.3) is 10.6 Å². The molecule has 0 aliphatic carbocycles. The molecule has 1 aromatic carbocycles. The van der Waals surface area contributed by atoms with E-state index >= 15 is 0 Å². The zero-order valence-electron chi connectivity index (χ0n) is 7.65. The van der Waals surface area contributed by atoms with Crippen molar-refractivity contribution in [3.8, 4) is 10.6 Å². The minimum Gasteiger partial charge on any atom is -0.476 e. The third kappa shape index (κ3) is 1.89. The third-order valence-corrected chi connectivity index (χ3v) is 2.73. The van der Waals surface area contributed by atoms with Crippen LogP contribution in [0.15, 0.2) is 18.2 Å². The Balaban J connectivity index is 2.42. The highest BCUT2D eigenvalue weighted by molar-refractivity contribution is 7.16. The second-order valence-corrected chi connectivity index (χ2v) is 3.82. The molecule has 0 radical (unpaired) electrons. The van der Waals surface area contributed by atoms with E-state index in [4.69, 9.17) is 5.11 Å². The first-order valence-electron chi connectivity index (χ1n) is 4.10. The van der Waals surface area contributed by atoms with Crippen LogP contribution in [0.5, 0.6) is 0 Å². The van der Waals surface area contributed by atoms with Gasteiger partial charge >= 0.3 is 5.97 Å². The minimum absolute atomic E-state index is 0.195. The first-order chi connectivity index (χ1) is 7.58. The van der Waals surface area contributed by atoms with E-state index in [0.29, 0.717) is 5.56 Å². The van der Waals surface area contributed by atoms with Gasteiger partial charge < -0.3 is 5.11 Å². The molecule has 0 saturated carbocycles. The largest absolute Gasteiger partial charge is 0.476 e. The summed E-state index contributed by atoms with van der Waals surface area (Å²) in [5.41, 5.74) is 0.295. The quantitative estimate of drug-likeness (QED) is 0.876. The Morgan fingerprint density at radius 3 is 2.56 bits per heavy atom. The normalized spacial score (nSPS) is 10.4. The van der Waals surface area contributed by atoms with E-state index in [9.17, 15) is 13.6 Å². The molecule has 16 heavy (non-hydrogen) atoms. The molecular formula is C9H4F2N2O2S. The summed E-state index contributed by atoms with van der Waals surface area (Å²) in [6, 6.07) is 3.21. The van der Waals surface area contributed by atoms with Crippen LogP contribution in [0, 0.1) is 11.6 Å². The highest BCUT2D eigenvalue weighted by atomic mass is 32.1. The first kappa shape index (κ1) is 10.6. The van der Waals surface area contributed by atoms with Crippen molar-refractivity contribution in [1.29, 1.82) is 0 Å². The van der Waals surface area contributed by atoms with Crippen molar-refractivity contribution in [2.24, 2.45) is 0 Å². The van der Waals surface area contributed by atoms with E-state index in [1.165, 1.54) is 6.07 Å². The molecule has 0 unspecified atom stereocenters. The van der Waals surface area contributed by atoms with Gasteiger partial charge in [0.15, 0.2) is 11.6 Å². The van der Waals surface area contributed by atoms with Gasteiger partial charge in [-0.3, -0.25) is 0 Å². The molecule has 1 heterocycles. The van der Waals surface area contributed by atoms with E-state index < -0.39 is 17.6 Å². The van der Waals surface area contributed by atoms with Gasteiger partial charge in [0, 0.05) is 5.56 Å². The van der Waals surface area contributed by atoms with Crippen LogP contribution in [0.2, 0.25) is 0 Å². The lowest BCUT2D eigenvalue weighted by atomic mass is 10.2. The monoisotopic (exact) mass is 242 g/mol. The molecule has 0 fully saturated rings. The van der Waals surface area contributed by atoms with Crippen LogP contribution in [0.4, 0.5) is 8.78 Å². The van der Waals surface area contributed by atoms with Crippen molar-refractivity contribution < 1.29 is 18.7 Å². The molecule has 82 valence electrons. The zero-order valence-corrected chi connectivity index (χ0v) is 8.46. The lowest BCUT2D eigenvalue weighted by molar-refractivity contribution is 0.0695. The predicted octanol–water partition coefficient (Wildman–Crippen LogP) is 2.18. The first-order valence-corrected chi connectivity index (χ1v) is 4.92. The number of carboxylic acids is 1. The van der Waals surface area contributed by atoms with E-state index in [0.717, 1.165) is 23.5 Å². The Morgan fingerprint density at radius 2 is 2.00 bits per heavy atom. The summed E-state index contributed by atoms with van der Waals surface area (Å²) in [6.07, 6.45) is 0. The summed E-state index contributed by atoms with van der Waals surface area (Å²) in [4.78, 5) is 10.5. The van der Waals surface area contributed by atoms with E-state index in [1.54, 1.807) is 0 Å². The minimum atomic E-state index is -1.20. The topological polar surface area (TPSA) is 63.1 Å². The smallest absolute Gasteiger partial charge is 0.367 e. The molecule has 0 saturated heterocycles. The second kappa shape index (κ2) is 3.93. The molecule has 0 aliphatic heterocycles. The van der Waals surface area contributed by atoms with Crippen molar-refractivity contribution in [2.75, 3.05) is 0 Å². The third-order valence-electron chi connectivity index (χ3n) is 1.77. The number of rotatable bonds is 2. The van der Waals surface area contributed by atoms with Gasteiger partial charge in [0.2, 0.25) is 5.01 Å². The highest BCUT2D eigenvalue weighted by Crippen LogP contribution is 2.24. The molecule has 2 aromatic rings. The fraction of sp³-hybridized carbons (Fsp3) is 0. The fourth-order valence-electron chi connectivity index (χ4n) is 1.06. The zero-order chi connectivity index (χ0) is 11.7. The summed E-state index contributed by atoms with van der Waals surface area (Å²) in [6.45, 7) is 0. The van der Waals surface area contributed by atoms with Crippen LogP contribution in [0.3, 0.4) is 0 Å². The Labute approximate surface area is 92.2 Å². The van der Waals surface area contributed by atoms with Gasteiger partial charge in [0.1, 0.15) is 5.01 Å². The number of aromatic nitrogens is 2. The van der Waals surface area contributed by atoms with Crippen LogP contribution in [-0.2, 0) is 0 Å². The number of nitrogens with zero attached hydrogens (tertiary/aromatic N) is 2. The molecule has 0 bridgehead atoms. The van der Waals surface area contributed by atoms with Crippen LogP contribution in [0.1, 0.15) is 9.80 Å². The Morgan fingerprint density at radius 1 is 1.25 bits per heavy atom. The molecule has 1 aromatic heterocycles. The molecular weight excluding hydrogens is 238 g/mol. The van der Waals surface area contributed by atoms with Gasteiger partial charge in [0.25, 0.3) is 0 Å². The highest BCUT2D eigenvalue weighted by Gasteiger charge is 2.13. The van der Waals surface area contributed by atoms with Gasteiger partial charge in [-0.15, -0.1) is 10.2 Å². The summed E-state index contributed by atoms with van der Waals surface area (Å²) >= 11 is 0.798. The Hall–Kier alpha value is -1.89. The van der Waals surface area contributed by atoms with Crippen molar-refractivity contribution in [3.63, 3.8) is 0 Å². The lowest BCUT2D eigenvalue weighted by Gasteiger charge is -1.95. The molecule has 0 atom stereocenters. The molecule has 4 nitrogen and oxygen atoms in total. The molecule has 1 N–H and O–H groups in total. The van der Waals surface area contributed by atoms with Gasteiger partial charge in [-0.05, 0) is 18.2 Å². The predicted molar refractivity (Wildman–Crippen MR) is 52.2 cm³/mol. The second-order valence-electron chi connectivity index (χ2n) is 2.85. The van der Waals surface area contributed by atoms with E-state index in [1.807, 2.05) is 0 Å². The maximum Gasteiger partial charge on any atom is 0.367 e.